The molecule has 23 heavy (non-hydrogen) atoms. The molecule has 122 valence electrons. The Bertz CT molecular complexity index is 599. The molecule has 3 N–H and O–H groups in total. The van der Waals surface area contributed by atoms with Crippen molar-refractivity contribution in [2.75, 3.05) is 25.5 Å². The van der Waals surface area contributed by atoms with E-state index in [0.29, 0.717) is 17.8 Å². The smallest absolute Gasteiger partial charge is 0.253 e. The fourth-order valence-corrected chi connectivity index (χ4v) is 2.27. The van der Waals surface area contributed by atoms with Gasteiger partial charge in [-0.05, 0) is 37.0 Å². The number of para-hydroxylation sites is 1. The quantitative estimate of drug-likeness (QED) is 0.552. The van der Waals surface area contributed by atoms with Crippen LogP contribution in [-0.2, 0) is 11.2 Å². The fraction of sp³-hybridized carbons (Fsp3) is 0.316. The van der Waals surface area contributed by atoms with Gasteiger partial charge in [-0.25, -0.2) is 0 Å². The first-order valence-corrected chi connectivity index (χ1v) is 8.02. The molecule has 0 aromatic heterocycles. The maximum atomic E-state index is 11.9. The van der Waals surface area contributed by atoms with Gasteiger partial charge in [0.15, 0.2) is 0 Å². The van der Waals surface area contributed by atoms with Crippen molar-refractivity contribution in [2.24, 2.45) is 0 Å². The van der Waals surface area contributed by atoms with Crippen LogP contribution < -0.4 is 11.1 Å². The van der Waals surface area contributed by atoms with Gasteiger partial charge in [0.2, 0.25) is 0 Å². The summed E-state index contributed by atoms with van der Waals surface area (Å²) in [4.78, 5) is 11.9. The highest BCUT2D eigenvalue weighted by Crippen LogP contribution is 2.09. The van der Waals surface area contributed by atoms with E-state index in [1.165, 1.54) is 5.56 Å². The van der Waals surface area contributed by atoms with Crippen LogP contribution in [0.15, 0.2) is 54.6 Å². The number of ether oxygens (including phenoxy) is 1. The van der Waals surface area contributed by atoms with Crippen LogP contribution in [0.4, 0.5) is 5.69 Å². The zero-order chi connectivity index (χ0) is 16.3. The highest BCUT2D eigenvalue weighted by atomic mass is 16.5. The molecule has 0 aliphatic rings. The van der Waals surface area contributed by atoms with Gasteiger partial charge in [0.1, 0.15) is 0 Å². The summed E-state index contributed by atoms with van der Waals surface area (Å²) in [6.45, 7) is 2.09. The molecule has 0 aliphatic heterocycles. The maximum Gasteiger partial charge on any atom is 0.253 e. The van der Waals surface area contributed by atoms with Gasteiger partial charge in [0, 0.05) is 18.8 Å². The third-order valence-electron chi connectivity index (χ3n) is 3.58. The van der Waals surface area contributed by atoms with Crippen LogP contribution in [0.3, 0.4) is 0 Å². The highest BCUT2D eigenvalue weighted by molar-refractivity contribution is 5.98. The second kappa shape index (κ2) is 9.64. The first-order valence-electron chi connectivity index (χ1n) is 8.02. The topological polar surface area (TPSA) is 64.4 Å². The van der Waals surface area contributed by atoms with Gasteiger partial charge >= 0.3 is 0 Å². The Morgan fingerprint density at radius 3 is 2.48 bits per heavy atom. The van der Waals surface area contributed by atoms with Crippen LogP contribution >= 0.6 is 0 Å². The molecular weight excluding hydrogens is 288 g/mol. The number of nitrogens with two attached hydrogens (primary N) is 1. The van der Waals surface area contributed by atoms with E-state index in [9.17, 15) is 4.79 Å². The number of carbonyl (C=O) groups is 1. The van der Waals surface area contributed by atoms with E-state index in [1.54, 1.807) is 12.1 Å². The molecule has 0 fully saturated rings. The summed E-state index contributed by atoms with van der Waals surface area (Å²) in [6.07, 6.45) is 2.76. The van der Waals surface area contributed by atoms with Crippen LogP contribution in [0.1, 0.15) is 28.8 Å². The summed E-state index contributed by atoms with van der Waals surface area (Å²) >= 11 is 0. The first-order chi connectivity index (χ1) is 11.3. The first kappa shape index (κ1) is 17.0. The van der Waals surface area contributed by atoms with E-state index in [4.69, 9.17) is 10.5 Å². The molecule has 0 saturated carbocycles. The van der Waals surface area contributed by atoms with Crippen LogP contribution in [0.25, 0.3) is 0 Å². The number of nitrogen functional groups attached to an aromatic ring is 1. The molecule has 2 aromatic rings. The van der Waals surface area contributed by atoms with Crippen LogP contribution in [0.5, 0.6) is 0 Å². The molecule has 0 bridgehead atoms. The average molecular weight is 312 g/mol. The maximum absolute atomic E-state index is 11.9. The van der Waals surface area contributed by atoms with Gasteiger partial charge in [-0.3, -0.25) is 4.79 Å². The van der Waals surface area contributed by atoms with E-state index in [1.807, 2.05) is 30.3 Å². The number of unbranched alkanes of at least 4 members (excludes halogenated alkanes) is 1. The Morgan fingerprint density at radius 1 is 0.957 bits per heavy atom. The monoisotopic (exact) mass is 312 g/mol. The number of amides is 1. The summed E-state index contributed by atoms with van der Waals surface area (Å²) in [5, 5.41) is 2.88. The molecule has 4 nitrogen and oxygen atoms in total. The van der Waals surface area contributed by atoms with Gasteiger partial charge in [-0.1, -0.05) is 42.5 Å². The number of benzene rings is 2. The molecule has 0 spiro atoms. The summed E-state index contributed by atoms with van der Waals surface area (Å²) < 4.78 is 5.62. The number of rotatable bonds is 9. The van der Waals surface area contributed by atoms with Crippen LogP contribution in [0, 0.1) is 0 Å². The van der Waals surface area contributed by atoms with Crippen molar-refractivity contribution in [2.45, 2.75) is 19.3 Å². The molecule has 2 aromatic carbocycles. The minimum absolute atomic E-state index is 0.118. The Balaban J connectivity index is 1.51. The van der Waals surface area contributed by atoms with Gasteiger partial charge in [0.05, 0.1) is 12.2 Å². The number of carbonyl (C=O) groups excluding carboxylic acids is 1. The summed E-state index contributed by atoms with van der Waals surface area (Å²) in [6, 6.07) is 17.4. The van der Waals surface area contributed by atoms with Crippen LogP contribution in [0.2, 0.25) is 0 Å². The van der Waals surface area contributed by atoms with Crippen molar-refractivity contribution in [1.82, 2.24) is 5.32 Å². The molecule has 4 heteroatoms. The van der Waals surface area contributed by atoms with Crippen LogP contribution in [-0.4, -0.2) is 25.7 Å². The molecular formula is C19H24N2O2. The van der Waals surface area contributed by atoms with Crippen molar-refractivity contribution in [3.8, 4) is 0 Å². The molecule has 0 atom stereocenters. The van der Waals surface area contributed by atoms with E-state index in [-0.39, 0.29) is 5.91 Å². The Hall–Kier alpha value is -2.33. The van der Waals surface area contributed by atoms with Gasteiger partial charge in [0.25, 0.3) is 5.91 Å². The normalized spacial score (nSPS) is 10.4. The SMILES string of the molecule is Nc1ccccc1C(=O)NCCCCOCCc1ccccc1. The van der Waals surface area contributed by atoms with E-state index < -0.39 is 0 Å². The van der Waals surface area contributed by atoms with Crippen molar-refractivity contribution in [1.29, 1.82) is 0 Å². The van der Waals surface area contributed by atoms with Crippen molar-refractivity contribution >= 4 is 11.6 Å². The second-order valence-corrected chi connectivity index (χ2v) is 5.40. The van der Waals surface area contributed by atoms with E-state index in [0.717, 1.165) is 32.5 Å². The van der Waals surface area contributed by atoms with Crippen molar-refractivity contribution in [3.63, 3.8) is 0 Å². The minimum atomic E-state index is -0.118. The standard InChI is InChI=1S/C19H24N2O2/c20-18-11-5-4-10-17(18)19(22)21-13-6-7-14-23-15-12-16-8-2-1-3-9-16/h1-5,8-11H,6-7,12-15,20H2,(H,21,22). The average Bonchev–Trinajstić information content (AvgIpc) is 2.58. The number of nitrogens with one attached hydrogen (secondary N) is 1. The molecule has 0 heterocycles. The third-order valence-corrected chi connectivity index (χ3v) is 3.58. The zero-order valence-electron chi connectivity index (χ0n) is 13.3. The van der Waals surface area contributed by atoms with Gasteiger partial charge in [-0.15, -0.1) is 0 Å². The van der Waals surface area contributed by atoms with E-state index >= 15 is 0 Å². The lowest BCUT2D eigenvalue weighted by Crippen LogP contribution is -2.25. The van der Waals surface area contributed by atoms with Crippen molar-refractivity contribution < 1.29 is 9.53 Å². The van der Waals surface area contributed by atoms with E-state index in [2.05, 4.69) is 17.4 Å². The van der Waals surface area contributed by atoms with Gasteiger partial charge in [-0.2, -0.15) is 0 Å². The zero-order valence-corrected chi connectivity index (χ0v) is 13.3. The summed E-state index contributed by atoms with van der Waals surface area (Å²) in [5.74, 6) is -0.118. The number of hydrogen-bond acceptors (Lipinski definition) is 3. The molecule has 1 amide bonds. The molecule has 0 aliphatic carbocycles. The fourth-order valence-electron chi connectivity index (χ4n) is 2.27. The molecule has 0 saturated heterocycles. The lowest BCUT2D eigenvalue weighted by molar-refractivity contribution is 0.0949. The Morgan fingerprint density at radius 2 is 1.70 bits per heavy atom. The Kier molecular flexibility index (Phi) is 7.14. The molecule has 2 rings (SSSR count). The second-order valence-electron chi connectivity index (χ2n) is 5.40. The Labute approximate surface area is 137 Å². The number of hydrogen-bond donors (Lipinski definition) is 2. The summed E-state index contributed by atoms with van der Waals surface area (Å²) in [7, 11) is 0. The largest absolute Gasteiger partial charge is 0.398 e. The molecule has 0 radical (unpaired) electrons. The lowest BCUT2D eigenvalue weighted by Gasteiger charge is -2.08. The number of anilines is 1. The summed E-state index contributed by atoms with van der Waals surface area (Å²) in [5.41, 5.74) is 8.11. The van der Waals surface area contributed by atoms with Gasteiger partial charge < -0.3 is 15.8 Å². The predicted octanol–water partition coefficient (Wildman–Crippen LogP) is 3.04. The third kappa shape index (κ3) is 6.12. The predicted molar refractivity (Wildman–Crippen MR) is 93.4 cm³/mol. The highest BCUT2D eigenvalue weighted by Gasteiger charge is 2.07. The van der Waals surface area contributed by atoms with Crippen molar-refractivity contribution in [3.05, 3.63) is 65.7 Å². The lowest BCUT2D eigenvalue weighted by atomic mass is 10.1. The molecule has 0 unspecified atom stereocenters. The minimum Gasteiger partial charge on any atom is -0.398 e.